The van der Waals surface area contributed by atoms with Crippen LogP contribution in [0.3, 0.4) is 0 Å². The van der Waals surface area contributed by atoms with E-state index in [0.717, 1.165) is 23.3 Å². The molecule has 25 heavy (non-hydrogen) atoms. The van der Waals surface area contributed by atoms with Gasteiger partial charge >= 0.3 is 0 Å². The first-order chi connectivity index (χ1) is 12.1. The second-order valence-corrected chi connectivity index (χ2v) is 9.18. The van der Waals surface area contributed by atoms with E-state index in [4.69, 9.17) is 16.3 Å². The highest BCUT2D eigenvalue weighted by Crippen LogP contribution is 2.30. The first-order valence-corrected chi connectivity index (χ1v) is 11.0. The summed E-state index contributed by atoms with van der Waals surface area (Å²) in [6.07, 6.45) is 10.9. The zero-order valence-corrected chi connectivity index (χ0v) is 17.7. The van der Waals surface area contributed by atoms with E-state index in [2.05, 4.69) is 33.0 Å². The SMILES string of the molecule is COC1CCC(CCN2CCC(Cc3cc(Cl)ccc3Br)CC2)CC1. The monoisotopic (exact) mass is 427 g/mol. The number of hydrogen-bond donors (Lipinski definition) is 0. The maximum atomic E-state index is 6.15. The summed E-state index contributed by atoms with van der Waals surface area (Å²) in [5.74, 6) is 1.72. The van der Waals surface area contributed by atoms with E-state index >= 15 is 0 Å². The molecule has 1 aromatic rings. The summed E-state index contributed by atoms with van der Waals surface area (Å²) in [5.41, 5.74) is 1.36. The predicted octanol–water partition coefficient (Wildman–Crippen LogP) is 5.95. The summed E-state index contributed by atoms with van der Waals surface area (Å²) in [4.78, 5) is 2.69. The molecule has 1 heterocycles. The minimum absolute atomic E-state index is 0.526. The van der Waals surface area contributed by atoms with Gasteiger partial charge in [0, 0.05) is 16.6 Å². The first kappa shape index (κ1) is 19.7. The van der Waals surface area contributed by atoms with E-state index in [9.17, 15) is 0 Å². The zero-order valence-electron chi connectivity index (χ0n) is 15.4. The molecular formula is C21H31BrClNO. The maximum absolute atomic E-state index is 6.15. The molecule has 0 radical (unpaired) electrons. The van der Waals surface area contributed by atoms with Crippen LogP contribution in [0.25, 0.3) is 0 Å². The third kappa shape index (κ3) is 5.95. The second kappa shape index (κ2) is 9.73. The standard InChI is InChI=1S/C21H31BrClNO/c1-25-20-5-2-16(3-6-20)8-11-24-12-9-17(10-13-24)14-18-15-19(23)4-7-21(18)22/h4,7,15-17,20H,2-3,5-6,8-14H2,1H3. The minimum atomic E-state index is 0.526. The molecule has 140 valence electrons. The molecule has 1 aromatic carbocycles. The number of nitrogens with zero attached hydrogens (tertiary/aromatic N) is 1. The van der Waals surface area contributed by atoms with Crippen molar-refractivity contribution < 1.29 is 4.74 Å². The second-order valence-electron chi connectivity index (χ2n) is 7.89. The Bertz CT molecular complexity index is 537. The molecule has 0 amide bonds. The molecule has 2 nitrogen and oxygen atoms in total. The van der Waals surface area contributed by atoms with Crippen molar-refractivity contribution in [1.29, 1.82) is 0 Å². The number of benzene rings is 1. The highest BCUT2D eigenvalue weighted by Gasteiger charge is 2.23. The van der Waals surface area contributed by atoms with Crippen LogP contribution in [-0.2, 0) is 11.2 Å². The summed E-state index contributed by atoms with van der Waals surface area (Å²) in [6.45, 7) is 3.81. The van der Waals surface area contributed by atoms with Crippen molar-refractivity contribution in [3.8, 4) is 0 Å². The average molecular weight is 429 g/mol. The largest absolute Gasteiger partial charge is 0.381 e. The normalized spacial score (nSPS) is 26.0. The van der Waals surface area contributed by atoms with Crippen molar-refractivity contribution >= 4 is 27.5 Å². The third-order valence-corrected chi connectivity index (χ3v) is 7.21. The molecule has 0 unspecified atom stereocenters. The fourth-order valence-corrected chi connectivity index (χ4v) is 5.05. The van der Waals surface area contributed by atoms with Crippen molar-refractivity contribution in [2.24, 2.45) is 11.8 Å². The van der Waals surface area contributed by atoms with Crippen LogP contribution in [0.2, 0.25) is 5.02 Å². The topological polar surface area (TPSA) is 12.5 Å². The van der Waals surface area contributed by atoms with Gasteiger partial charge in [-0.25, -0.2) is 0 Å². The van der Waals surface area contributed by atoms with E-state index in [1.54, 1.807) is 0 Å². The van der Waals surface area contributed by atoms with Crippen molar-refractivity contribution in [3.05, 3.63) is 33.3 Å². The van der Waals surface area contributed by atoms with E-state index < -0.39 is 0 Å². The van der Waals surface area contributed by atoms with Gasteiger partial charge in [0.1, 0.15) is 0 Å². The molecule has 0 spiro atoms. The van der Waals surface area contributed by atoms with E-state index in [0.29, 0.717) is 6.10 Å². The summed E-state index contributed by atoms with van der Waals surface area (Å²) in [7, 11) is 1.86. The number of rotatable bonds is 6. The molecule has 3 rings (SSSR count). The molecule has 1 saturated heterocycles. The lowest BCUT2D eigenvalue weighted by Gasteiger charge is -2.34. The molecule has 1 aliphatic heterocycles. The van der Waals surface area contributed by atoms with Crippen molar-refractivity contribution in [1.82, 2.24) is 4.90 Å². The van der Waals surface area contributed by atoms with Gasteiger partial charge in [-0.05, 0) is 107 Å². The third-order valence-electron chi connectivity index (χ3n) is 6.20. The van der Waals surface area contributed by atoms with Crippen molar-refractivity contribution in [3.63, 3.8) is 0 Å². The molecule has 0 atom stereocenters. The Kier molecular flexibility index (Phi) is 7.66. The summed E-state index contributed by atoms with van der Waals surface area (Å²) in [5, 5.41) is 0.846. The van der Waals surface area contributed by atoms with Gasteiger partial charge in [0.25, 0.3) is 0 Å². The van der Waals surface area contributed by atoms with E-state index in [-0.39, 0.29) is 0 Å². The predicted molar refractivity (Wildman–Crippen MR) is 109 cm³/mol. The first-order valence-electron chi connectivity index (χ1n) is 9.83. The van der Waals surface area contributed by atoms with Crippen molar-refractivity contribution in [2.75, 3.05) is 26.7 Å². The van der Waals surface area contributed by atoms with Gasteiger partial charge in [-0.15, -0.1) is 0 Å². The smallest absolute Gasteiger partial charge is 0.0571 e. The number of hydrogen-bond acceptors (Lipinski definition) is 2. The van der Waals surface area contributed by atoms with Crippen LogP contribution in [0.15, 0.2) is 22.7 Å². The summed E-state index contributed by atoms with van der Waals surface area (Å²) < 4.78 is 6.69. The summed E-state index contributed by atoms with van der Waals surface area (Å²) >= 11 is 9.82. The van der Waals surface area contributed by atoms with E-state index in [1.807, 2.05) is 13.2 Å². The Morgan fingerprint density at radius 1 is 1.08 bits per heavy atom. The Morgan fingerprint density at radius 3 is 2.48 bits per heavy atom. The number of methoxy groups -OCH3 is 1. The van der Waals surface area contributed by atoms with Crippen molar-refractivity contribution in [2.45, 2.75) is 57.5 Å². The lowest BCUT2D eigenvalue weighted by Crippen LogP contribution is -2.36. The highest BCUT2D eigenvalue weighted by molar-refractivity contribution is 9.10. The van der Waals surface area contributed by atoms with Gasteiger partial charge in [-0.2, -0.15) is 0 Å². The lowest BCUT2D eigenvalue weighted by molar-refractivity contribution is 0.0527. The van der Waals surface area contributed by atoms with Gasteiger partial charge in [-0.3, -0.25) is 0 Å². The number of piperidine rings is 1. The lowest BCUT2D eigenvalue weighted by atomic mass is 9.85. The van der Waals surface area contributed by atoms with Gasteiger partial charge in [0.2, 0.25) is 0 Å². The quantitative estimate of drug-likeness (QED) is 0.555. The Morgan fingerprint density at radius 2 is 1.80 bits per heavy atom. The average Bonchev–Trinajstić information content (AvgIpc) is 2.64. The Hall–Kier alpha value is -0.0900. The number of ether oxygens (including phenoxy) is 1. The van der Waals surface area contributed by atoms with Crippen LogP contribution in [0.4, 0.5) is 0 Å². The minimum Gasteiger partial charge on any atom is -0.381 e. The Labute approximate surface area is 166 Å². The molecule has 0 N–H and O–H groups in total. The van der Waals surface area contributed by atoms with Crippen LogP contribution in [0.1, 0.15) is 50.5 Å². The molecule has 2 fully saturated rings. The van der Waals surface area contributed by atoms with Crippen LogP contribution >= 0.6 is 27.5 Å². The van der Waals surface area contributed by atoms with Crippen LogP contribution in [-0.4, -0.2) is 37.7 Å². The van der Waals surface area contributed by atoms with Crippen LogP contribution in [0, 0.1) is 11.8 Å². The molecule has 0 aromatic heterocycles. The van der Waals surface area contributed by atoms with Gasteiger partial charge in [0.15, 0.2) is 0 Å². The maximum Gasteiger partial charge on any atom is 0.0571 e. The fraction of sp³-hybridized carbons (Fsp3) is 0.714. The number of halogens is 2. The Balaban J connectivity index is 1.37. The van der Waals surface area contributed by atoms with Crippen LogP contribution in [0.5, 0.6) is 0 Å². The molecule has 1 aliphatic carbocycles. The fourth-order valence-electron chi connectivity index (χ4n) is 4.45. The van der Waals surface area contributed by atoms with Gasteiger partial charge in [0.05, 0.1) is 6.10 Å². The molecule has 0 bridgehead atoms. The zero-order chi connectivity index (χ0) is 17.6. The van der Waals surface area contributed by atoms with E-state index in [1.165, 1.54) is 74.6 Å². The molecule has 1 saturated carbocycles. The number of likely N-dealkylation sites (tertiary alicyclic amines) is 1. The summed E-state index contributed by atoms with van der Waals surface area (Å²) in [6, 6.07) is 6.15. The molecule has 4 heteroatoms. The molecular weight excluding hydrogens is 398 g/mol. The van der Waals surface area contributed by atoms with Gasteiger partial charge in [-0.1, -0.05) is 27.5 Å². The van der Waals surface area contributed by atoms with Gasteiger partial charge < -0.3 is 9.64 Å². The molecule has 2 aliphatic rings. The van der Waals surface area contributed by atoms with Crippen LogP contribution < -0.4 is 0 Å². The highest BCUT2D eigenvalue weighted by atomic mass is 79.9.